The molecule has 0 bridgehead atoms. The van der Waals surface area contributed by atoms with Crippen LogP contribution in [0.1, 0.15) is 5.56 Å². The molecule has 1 N–H and O–H groups in total. The molecule has 1 saturated heterocycles. The summed E-state index contributed by atoms with van der Waals surface area (Å²) in [4.78, 5) is 2.30. The lowest BCUT2D eigenvalue weighted by atomic mass is 10.2. The fourth-order valence-corrected chi connectivity index (χ4v) is 3.88. The maximum absolute atomic E-state index is 12.5. The Labute approximate surface area is 126 Å². The molecule has 7 heteroatoms. The second kappa shape index (κ2) is 6.85. The number of rotatable bonds is 6. The summed E-state index contributed by atoms with van der Waals surface area (Å²) in [6.45, 7) is 1.74. The zero-order valence-corrected chi connectivity index (χ0v) is 13.4. The minimum absolute atomic E-state index is 0.132. The summed E-state index contributed by atoms with van der Waals surface area (Å²) in [6, 6.07) is 6.53. The van der Waals surface area contributed by atoms with Crippen LogP contribution in [0.2, 0.25) is 0 Å². The van der Waals surface area contributed by atoms with E-state index in [-0.39, 0.29) is 17.0 Å². The zero-order chi connectivity index (χ0) is 15.5. The summed E-state index contributed by atoms with van der Waals surface area (Å²) in [6.07, 6.45) is -0.132. The van der Waals surface area contributed by atoms with Crippen molar-refractivity contribution in [1.29, 1.82) is 0 Å². The van der Waals surface area contributed by atoms with Crippen LogP contribution in [-0.2, 0) is 26.1 Å². The van der Waals surface area contributed by atoms with Crippen LogP contribution in [0.3, 0.4) is 0 Å². The number of likely N-dealkylation sites (tertiary alicyclic amines) is 1. The van der Waals surface area contributed by atoms with Crippen LogP contribution in [0.4, 0.5) is 0 Å². The van der Waals surface area contributed by atoms with Gasteiger partial charge in [0, 0.05) is 27.3 Å². The van der Waals surface area contributed by atoms with E-state index in [1.165, 1.54) is 0 Å². The molecule has 118 valence electrons. The van der Waals surface area contributed by atoms with Gasteiger partial charge in [0.05, 0.1) is 23.6 Å². The van der Waals surface area contributed by atoms with Crippen molar-refractivity contribution in [2.75, 3.05) is 34.4 Å². The number of hydrogen-bond donors (Lipinski definition) is 1. The van der Waals surface area contributed by atoms with Crippen molar-refractivity contribution in [1.82, 2.24) is 9.62 Å². The Hall–Kier alpha value is -0.990. The molecule has 1 aliphatic rings. The molecule has 21 heavy (non-hydrogen) atoms. The summed E-state index contributed by atoms with van der Waals surface area (Å²) in [5, 5.41) is 0. The molecular formula is C14H22N2O4S. The van der Waals surface area contributed by atoms with Gasteiger partial charge in [0.1, 0.15) is 0 Å². The Morgan fingerprint density at radius 3 is 2.76 bits per heavy atom. The van der Waals surface area contributed by atoms with E-state index in [1.54, 1.807) is 32.4 Å². The number of likely N-dealkylation sites (N-methyl/N-ethyl adjacent to an activating group) is 1. The lowest BCUT2D eigenvalue weighted by Crippen LogP contribution is -2.43. The SMILES string of the molecule is COCc1cccc(S(=O)(=O)N[C@@H]2CN(C)C[C@H]2OC)c1. The molecule has 0 aliphatic carbocycles. The zero-order valence-electron chi connectivity index (χ0n) is 12.6. The molecule has 1 aliphatic heterocycles. The summed E-state index contributed by atoms with van der Waals surface area (Å²) in [5.74, 6) is 0. The quantitative estimate of drug-likeness (QED) is 0.825. The molecule has 2 rings (SSSR count). The molecule has 2 atom stereocenters. The first-order valence-corrected chi connectivity index (χ1v) is 8.26. The molecule has 6 nitrogen and oxygen atoms in total. The molecular weight excluding hydrogens is 292 g/mol. The van der Waals surface area contributed by atoms with Crippen molar-refractivity contribution in [3.05, 3.63) is 29.8 Å². The maximum Gasteiger partial charge on any atom is 0.240 e. The number of nitrogens with one attached hydrogen (secondary N) is 1. The third kappa shape index (κ3) is 4.02. The van der Waals surface area contributed by atoms with Gasteiger partial charge in [-0.3, -0.25) is 0 Å². The summed E-state index contributed by atoms with van der Waals surface area (Å²) in [5.41, 5.74) is 0.826. The van der Waals surface area contributed by atoms with E-state index in [2.05, 4.69) is 4.72 Å². The van der Waals surface area contributed by atoms with Gasteiger partial charge in [0.25, 0.3) is 0 Å². The van der Waals surface area contributed by atoms with Crippen LogP contribution >= 0.6 is 0 Å². The van der Waals surface area contributed by atoms with E-state index in [0.717, 1.165) is 5.56 Å². The van der Waals surface area contributed by atoms with Crippen molar-refractivity contribution in [3.8, 4) is 0 Å². The van der Waals surface area contributed by atoms with Gasteiger partial charge in [-0.05, 0) is 24.7 Å². The van der Waals surface area contributed by atoms with Crippen LogP contribution in [0.25, 0.3) is 0 Å². The molecule has 0 amide bonds. The average Bonchev–Trinajstić information content (AvgIpc) is 2.79. The number of methoxy groups -OCH3 is 2. The Kier molecular flexibility index (Phi) is 5.34. The summed E-state index contributed by atoms with van der Waals surface area (Å²) < 4.78 is 38.1. The van der Waals surface area contributed by atoms with Gasteiger partial charge in [0.2, 0.25) is 10.0 Å². The number of benzene rings is 1. The van der Waals surface area contributed by atoms with Crippen molar-refractivity contribution >= 4 is 10.0 Å². The monoisotopic (exact) mass is 314 g/mol. The summed E-state index contributed by atoms with van der Waals surface area (Å²) >= 11 is 0. The Bertz CT molecular complexity index is 576. The molecule has 0 aromatic heterocycles. The van der Waals surface area contributed by atoms with Crippen molar-refractivity contribution in [2.24, 2.45) is 0 Å². The molecule has 1 aromatic rings. The largest absolute Gasteiger partial charge is 0.380 e. The molecule has 0 unspecified atom stereocenters. The van der Waals surface area contributed by atoms with Crippen molar-refractivity contribution in [2.45, 2.75) is 23.6 Å². The van der Waals surface area contributed by atoms with Crippen LogP contribution < -0.4 is 4.72 Å². The first-order valence-electron chi connectivity index (χ1n) is 6.78. The Morgan fingerprint density at radius 2 is 2.10 bits per heavy atom. The van der Waals surface area contributed by atoms with Gasteiger partial charge in [0.15, 0.2) is 0 Å². The van der Waals surface area contributed by atoms with Crippen LogP contribution in [-0.4, -0.2) is 59.8 Å². The van der Waals surface area contributed by atoms with E-state index in [1.807, 2.05) is 18.0 Å². The highest BCUT2D eigenvalue weighted by Gasteiger charge is 2.34. The first kappa shape index (κ1) is 16.4. The highest BCUT2D eigenvalue weighted by molar-refractivity contribution is 7.89. The van der Waals surface area contributed by atoms with E-state index >= 15 is 0 Å². The van der Waals surface area contributed by atoms with Gasteiger partial charge in [-0.2, -0.15) is 0 Å². The Balaban J connectivity index is 2.16. The van der Waals surface area contributed by atoms with Crippen LogP contribution in [0.15, 0.2) is 29.2 Å². The van der Waals surface area contributed by atoms with E-state index in [0.29, 0.717) is 19.7 Å². The third-order valence-electron chi connectivity index (χ3n) is 3.58. The summed E-state index contributed by atoms with van der Waals surface area (Å²) in [7, 11) is 1.56. The standard InChI is InChI=1S/C14H22N2O4S/c1-16-8-13(14(9-16)20-3)15-21(17,18)12-6-4-5-11(7-12)10-19-2/h4-7,13-15H,8-10H2,1-3H3/t13-,14-/m1/s1. The lowest BCUT2D eigenvalue weighted by molar-refractivity contribution is 0.0969. The van der Waals surface area contributed by atoms with E-state index < -0.39 is 10.0 Å². The lowest BCUT2D eigenvalue weighted by Gasteiger charge is -2.18. The maximum atomic E-state index is 12.5. The van der Waals surface area contributed by atoms with Crippen LogP contribution in [0, 0.1) is 0 Å². The Morgan fingerprint density at radius 1 is 1.33 bits per heavy atom. The number of hydrogen-bond acceptors (Lipinski definition) is 5. The minimum atomic E-state index is -3.56. The molecule has 0 spiro atoms. The first-order chi connectivity index (χ1) is 9.96. The van der Waals surface area contributed by atoms with Gasteiger partial charge in [-0.1, -0.05) is 12.1 Å². The van der Waals surface area contributed by atoms with E-state index in [9.17, 15) is 8.42 Å². The van der Waals surface area contributed by atoms with Crippen LogP contribution in [0.5, 0.6) is 0 Å². The third-order valence-corrected chi connectivity index (χ3v) is 5.07. The molecule has 1 heterocycles. The topological polar surface area (TPSA) is 67.9 Å². The normalized spacial score (nSPS) is 23.6. The number of nitrogens with zero attached hydrogens (tertiary/aromatic N) is 1. The highest BCUT2D eigenvalue weighted by Crippen LogP contribution is 2.17. The van der Waals surface area contributed by atoms with Gasteiger partial charge < -0.3 is 14.4 Å². The second-order valence-corrected chi connectivity index (χ2v) is 7.02. The molecule has 0 radical (unpaired) electrons. The fraction of sp³-hybridized carbons (Fsp3) is 0.571. The van der Waals surface area contributed by atoms with Gasteiger partial charge >= 0.3 is 0 Å². The smallest absolute Gasteiger partial charge is 0.240 e. The molecule has 0 saturated carbocycles. The average molecular weight is 314 g/mol. The van der Waals surface area contributed by atoms with Crippen molar-refractivity contribution in [3.63, 3.8) is 0 Å². The predicted octanol–water partition coefficient (Wildman–Crippen LogP) is 0.440. The molecule has 1 fully saturated rings. The minimum Gasteiger partial charge on any atom is -0.380 e. The predicted molar refractivity (Wildman–Crippen MR) is 79.6 cm³/mol. The van der Waals surface area contributed by atoms with Crippen molar-refractivity contribution < 1.29 is 17.9 Å². The number of sulfonamides is 1. The molecule has 1 aromatic carbocycles. The van der Waals surface area contributed by atoms with E-state index in [4.69, 9.17) is 9.47 Å². The van der Waals surface area contributed by atoms with Gasteiger partial charge in [-0.15, -0.1) is 0 Å². The highest BCUT2D eigenvalue weighted by atomic mass is 32.2. The van der Waals surface area contributed by atoms with Gasteiger partial charge in [-0.25, -0.2) is 13.1 Å². The fourth-order valence-electron chi connectivity index (χ4n) is 2.55. The second-order valence-electron chi connectivity index (χ2n) is 5.30. The number of ether oxygens (including phenoxy) is 2.